The first-order valence-corrected chi connectivity index (χ1v) is 21.6. The Morgan fingerprint density at radius 2 is 0.750 bits per heavy atom. The quantitative estimate of drug-likeness (QED) is 0.0497. The normalized spacial score (nSPS) is 12.7. The number of hydrogen-bond donors (Lipinski definition) is 2. The molecular weight excluding hydrogens is 596 g/mol. The third kappa shape index (κ3) is 36.2. The average molecular weight is 681 g/mol. The molecule has 0 aliphatic heterocycles. The third-order valence-corrected chi connectivity index (χ3v) is 10.2. The van der Waals surface area contributed by atoms with Crippen molar-refractivity contribution in [3.05, 3.63) is 0 Å². The van der Waals surface area contributed by atoms with Crippen molar-refractivity contribution in [2.75, 3.05) is 6.61 Å². The molecule has 0 aromatic rings. The fraction of sp³-hybridized carbons (Fsp3) is 0.953. The van der Waals surface area contributed by atoms with Crippen molar-refractivity contribution in [1.29, 1.82) is 0 Å². The monoisotopic (exact) mass is 681 g/mol. The second kappa shape index (κ2) is 38.7. The molecule has 0 saturated carbocycles. The highest BCUT2D eigenvalue weighted by Gasteiger charge is 2.22. The Bertz CT molecular complexity index is 666. The van der Waals surface area contributed by atoms with E-state index in [9.17, 15) is 19.8 Å². The van der Waals surface area contributed by atoms with E-state index in [4.69, 9.17) is 4.74 Å². The summed E-state index contributed by atoms with van der Waals surface area (Å²) in [4.78, 5) is 23.8. The summed E-state index contributed by atoms with van der Waals surface area (Å²) >= 11 is 0. The number of esters is 1. The molecule has 5 nitrogen and oxygen atoms in total. The number of carbonyl (C=O) groups excluding carboxylic acids is 1. The number of rotatable bonds is 40. The van der Waals surface area contributed by atoms with Gasteiger partial charge in [0.15, 0.2) is 0 Å². The summed E-state index contributed by atoms with van der Waals surface area (Å²) in [6, 6.07) is 0. The molecule has 0 bridgehead atoms. The predicted molar refractivity (Wildman–Crippen MR) is 206 cm³/mol. The maximum absolute atomic E-state index is 12.1. The minimum absolute atomic E-state index is 0.0967. The fourth-order valence-electron chi connectivity index (χ4n) is 6.93. The van der Waals surface area contributed by atoms with Crippen molar-refractivity contribution < 1.29 is 24.5 Å². The summed E-state index contributed by atoms with van der Waals surface area (Å²) in [5.41, 5.74) is 0. The van der Waals surface area contributed by atoms with E-state index in [1.54, 1.807) is 0 Å². The van der Waals surface area contributed by atoms with Crippen molar-refractivity contribution in [2.24, 2.45) is 5.92 Å². The van der Waals surface area contributed by atoms with Crippen molar-refractivity contribution in [2.45, 2.75) is 251 Å². The summed E-state index contributed by atoms with van der Waals surface area (Å²) in [5, 5.41) is 20.0. The van der Waals surface area contributed by atoms with Crippen LogP contribution in [-0.2, 0) is 14.3 Å². The lowest BCUT2D eigenvalue weighted by Gasteiger charge is -2.17. The van der Waals surface area contributed by atoms with Crippen LogP contribution in [0.2, 0.25) is 0 Å². The highest BCUT2D eigenvalue weighted by molar-refractivity contribution is 5.70. The van der Waals surface area contributed by atoms with Crippen LogP contribution in [0.5, 0.6) is 0 Å². The van der Waals surface area contributed by atoms with Crippen LogP contribution in [0.15, 0.2) is 0 Å². The van der Waals surface area contributed by atoms with Gasteiger partial charge in [-0.1, -0.05) is 219 Å². The van der Waals surface area contributed by atoms with E-state index in [0.717, 1.165) is 38.5 Å². The molecule has 2 N–H and O–H groups in total. The number of carboxylic acids is 1. The molecule has 0 heterocycles. The summed E-state index contributed by atoms with van der Waals surface area (Å²) in [5.74, 6) is -1.71. The van der Waals surface area contributed by atoms with Crippen LogP contribution in [0.25, 0.3) is 0 Å². The lowest BCUT2D eigenvalue weighted by Crippen LogP contribution is -2.25. The zero-order valence-corrected chi connectivity index (χ0v) is 32.4. The van der Waals surface area contributed by atoms with Gasteiger partial charge in [-0.05, 0) is 19.3 Å². The number of aliphatic hydroxyl groups is 1. The van der Waals surface area contributed by atoms with E-state index in [1.807, 2.05) is 0 Å². The maximum Gasteiger partial charge on any atom is 0.306 e. The van der Waals surface area contributed by atoms with E-state index in [2.05, 4.69) is 13.8 Å². The van der Waals surface area contributed by atoms with Gasteiger partial charge in [-0.25, -0.2) is 0 Å². The van der Waals surface area contributed by atoms with Gasteiger partial charge in [-0.3, -0.25) is 9.59 Å². The van der Waals surface area contributed by atoms with Crippen molar-refractivity contribution in [3.63, 3.8) is 0 Å². The molecule has 0 amide bonds. The zero-order chi connectivity index (χ0) is 35.2. The second-order valence-electron chi connectivity index (χ2n) is 15.1. The molecule has 0 saturated heterocycles. The van der Waals surface area contributed by atoms with Crippen LogP contribution in [-0.4, -0.2) is 34.9 Å². The van der Waals surface area contributed by atoms with Gasteiger partial charge in [0, 0.05) is 6.42 Å². The van der Waals surface area contributed by atoms with E-state index in [1.165, 1.54) is 173 Å². The van der Waals surface area contributed by atoms with Gasteiger partial charge in [0.05, 0.1) is 12.0 Å². The first kappa shape index (κ1) is 46.9. The Hall–Kier alpha value is -1.10. The van der Waals surface area contributed by atoms with Gasteiger partial charge in [-0.2, -0.15) is 0 Å². The Balaban J connectivity index is 3.57. The molecule has 5 heteroatoms. The molecule has 48 heavy (non-hydrogen) atoms. The summed E-state index contributed by atoms with van der Waals surface area (Å²) in [6.07, 6.45) is 43.2. The first-order chi connectivity index (χ1) is 23.5. The Labute approximate surface area is 299 Å². The molecule has 0 rings (SSSR count). The minimum Gasteiger partial charge on any atom is -0.481 e. The maximum atomic E-state index is 12.1. The van der Waals surface area contributed by atoms with Crippen LogP contribution in [0.4, 0.5) is 0 Å². The number of unbranched alkanes of at least 4 members (excludes halogenated alkanes) is 31. The van der Waals surface area contributed by atoms with Gasteiger partial charge >= 0.3 is 11.9 Å². The Kier molecular flexibility index (Phi) is 37.8. The van der Waals surface area contributed by atoms with Gasteiger partial charge in [0.25, 0.3) is 0 Å². The van der Waals surface area contributed by atoms with Crippen molar-refractivity contribution >= 4 is 11.9 Å². The minimum atomic E-state index is -0.911. The summed E-state index contributed by atoms with van der Waals surface area (Å²) in [6.45, 7) is 4.45. The second-order valence-corrected chi connectivity index (χ2v) is 15.1. The highest BCUT2D eigenvalue weighted by Crippen LogP contribution is 2.19. The number of carbonyl (C=O) groups is 2. The molecule has 0 aromatic carbocycles. The average Bonchev–Trinajstić information content (AvgIpc) is 3.07. The standard InChI is InChI=1S/C43H84O5/c1-3-5-7-9-11-13-15-17-19-21-23-25-27-29-31-33-35-37-42(45)48-39-41(44)38-40(43(46)47)36-34-32-30-28-26-24-22-20-18-16-14-12-10-8-6-4-2/h40-41,44H,3-39H2,1-2H3,(H,46,47). The summed E-state index contributed by atoms with van der Waals surface area (Å²) in [7, 11) is 0. The Morgan fingerprint density at radius 1 is 0.458 bits per heavy atom. The molecule has 0 aliphatic carbocycles. The predicted octanol–water partition coefficient (Wildman–Crippen LogP) is 13.7. The van der Waals surface area contributed by atoms with Crippen LogP contribution in [0.1, 0.15) is 245 Å². The van der Waals surface area contributed by atoms with E-state index in [0.29, 0.717) is 12.8 Å². The van der Waals surface area contributed by atoms with Gasteiger partial charge in [-0.15, -0.1) is 0 Å². The fourth-order valence-corrected chi connectivity index (χ4v) is 6.93. The van der Waals surface area contributed by atoms with E-state index < -0.39 is 18.0 Å². The Morgan fingerprint density at radius 3 is 1.06 bits per heavy atom. The first-order valence-electron chi connectivity index (χ1n) is 21.6. The zero-order valence-electron chi connectivity index (χ0n) is 32.4. The molecule has 0 fully saturated rings. The molecule has 2 atom stereocenters. The highest BCUT2D eigenvalue weighted by atomic mass is 16.5. The van der Waals surface area contributed by atoms with Crippen molar-refractivity contribution in [1.82, 2.24) is 0 Å². The number of hydrogen-bond acceptors (Lipinski definition) is 4. The molecule has 286 valence electrons. The largest absolute Gasteiger partial charge is 0.481 e. The van der Waals surface area contributed by atoms with Gasteiger partial charge in [0.2, 0.25) is 0 Å². The lowest BCUT2D eigenvalue weighted by molar-refractivity contribution is -0.148. The van der Waals surface area contributed by atoms with Crippen LogP contribution >= 0.6 is 0 Å². The number of aliphatic carboxylic acids is 1. The number of aliphatic hydroxyl groups excluding tert-OH is 1. The third-order valence-electron chi connectivity index (χ3n) is 10.2. The lowest BCUT2D eigenvalue weighted by atomic mass is 9.94. The number of ether oxygens (including phenoxy) is 1. The van der Waals surface area contributed by atoms with Crippen LogP contribution in [0.3, 0.4) is 0 Å². The molecule has 0 radical (unpaired) electrons. The molecule has 0 aromatic heterocycles. The van der Waals surface area contributed by atoms with Crippen molar-refractivity contribution in [3.8, 4) is 0 Å². The molecule has 0 aliphatic rings. The van der Waals surface area contributed by atoms with E-state index >= 15 is 0 Å². The number of carboxylic acid groups (broad SMARTS) is 1. The summed E-state index contributed by atoms with van der Waals surface area (Å²) < 4.78 is 5.27. The molecule has 2 unspecified atom stereocenters. The van der Waals surface area contributed by atoms with E-state index in [-0.39, 0.29) is 19.0 Å². The van der Waals surface area contributed by atoms with Gasteiger partial charge in [0.1, 0.15) is 6.61 Å². The smallest absolute Gasteiger partial charge is 0.306 e. The van der Waals surface area contributed by atoms with Crippen LogP contribution in [0, 0.1) is 5.92 Å². The van der Waals surface area contributed by atoms with Crippen LogP contribution < -0.4 is 0 Å². The topological polar surface area (TPSA) is 83.8 Å². The SMILES string of the molecule is CCCCCCCCCCCCCCCCCCCC(=O)OCC(O)CC(CCCCCCCCCCCCCCCCCC)C(=O)O. The van der Waals surface area contributed by atoms with Gasteiger partial charge < -0.3 is 14.9 Å². The molecule has 0 spiro atoms. The molecular formula is C43H84O5.